The Kier molecular flexibility index (Phi) is 7.71. The number of nitrogens with zero attached hydrogens (tertiary/aromatic N) is 2. The Labute approximate surface area is 184 Å². The molecule has 0 saturated heterocycles. The van der Waals surface area contributed by atoms with E-state index in [1.165, 1.54) is 35.2 Å². The molecule has 0 aromatic heterocycles. The molecule has 10 heteroatoms. The summed E-state index contributed by atoms with van der Waals surface area (Å²) in [5.74, 6) is -0.234. The summed E-state index contributed by atoms with van der Waals surface area (Å²) in [6.45, 7) is 3.76. The maximum Gasteiger partial charge on any atom is 0.285 e. The summed E-state index contributed by atoms with van der Waals surface area (Å²) in [5, 5.41) is -0.00488. The fourth-order valence-corrected chi connectivity index (χ4v) is 4.07. The van der Waals surface area contributed by atoms with Gasteiger partial charge in [-0.3, -0.25) is 4.79 Å². The van der Waals surface area contributed by atoms with Crippen molar-refractivity contribution >= 4 is 56.9 Å². The van der Waals surface area contributed by atoms with Crippen LogP contribution in [0.15, 0.2) is 52.3 Å². The van der Waals surface area contributed by atoms with Crippen LogP contribution in [0, 0.1) is 0 Å². The number of sulfonamides is 1. The van der Waals surface area contributed by atoms with Gasteiger partial charge in [-0.2, -0.15) is 8.42 Å². The maximum absolute atomic E-state index is 12.9. The zero-order valence-corrected chi connectivity index (χ0v) is 18.6. The highest BCUT2D eigenvalue weighted by Crippen LogP contribution is 2.36. The molecule has 0 radical (unpaired) electrons. The minimum atomic E-state index is -4.10. The van der Waals surface area contributed by atoms with E-state index in [1.54, 1.807) is 14.1 Å². The molecule has 2 rings (SSSR count). The molecule has 0 unspecified atom stereocenters. The Balaban J connectivity index is 2.47. The third-order valence-corrected chi connectivity index (χ3v) is 6.11. The van der Waals surface area contributed by atoms with Gasteiger partial charge in [-0.25, -0.2) is 0 Å². The number of hydrogen-bond donors (Lipinski definition) is 0. The van der Waals surface area contributed by atoms with Gasteiger partial charge in [0.1, 0.15) is 28.6 Å². The van der Waals surface area contributed by atoms with Crippen molar-refractivity contribution in [2.75, 3.05) is 20.7 Å². The van der Waals surface area contributed by atoms with Crippen LogP contribution in [0.3, 0.4) is 0 Å². The first kappa shape index (κ1) is 23.2. The highest BCUT2D eigenvalue weighted by atomic mass is 35.5. The van der Waals surface area contributed by atoms with E-state index in [1.807, 2.05) is 0 Å². The normalized spacial score (nSPS) is 11.5. The minimum Gasteiger partial charge on any atom is -0.488 e. The fraction of sp³-hybridized carbons (Fsp3) is 0.158. The number of ether oxygens (including phenoxy) is 1. The maximum atomic E-state index is 12.9. The zero-order valence-electron chi connectivity index (χ0n) is 15.5. The summed E-state index contributed by atoms with van der Waals surface area (Å²) in [6.07, 6.45) is 2.66. The summed E-state index contributed by atoms with van der Waals surface area (Å²) < 4.78 is 33.8. The molecule has 0 spiro atoms. The van der Waals surface area contributed by atoms with Crippen molar-refractivity contribution in [1.29, 1.82) is 0 Å². The molecular weight excluding hydrogens is 459 g/mol. The SMILES string of the molecule is C=CCOc1ccc(C(=O)c2ccc(Cl)c(S(=O)(=O)/N=C/N(C)C)c2)c(Cl)c1Cl. The average molecular weight is 476 g/mol. The van der Waals surface area contributed by atoms with Crippen LogP contribution in [0.2, 0.25) is 15.1 Å². The van der Waals surface area contributed by atoms with Crippen molar-refractivity contribution in [3.8, 4) is 5.75 Å². The van der Waals surface area contributed by atoms with E-state index in [0.717, 1.165) is 12.4 Å². The molecule has 0 saturated carbocycles. The Hall–Kier alpha value is -2.06. The van der Waals surface area contributed by atoms with E-state index in [4.69, 9.17) is 39.5 Å². The van der Waals surface area contributed by atoms with Gasteiger partial charge in [0.05, 0.1) is 10.0 Å². The smallest absolute Gasteiger partial charge is 0.285 e. The highest BCUT2D eigenvalue weighted by molar-refractivity contribution is 7.90. The van der Waals surface area contributed by atoms with Gasteiger partial charge in [0, 0.05) is 25.2 Å². The highest BCUT2D eigenvalue weighted by Gasteiger charge is 2.22. The van der Waals surface area contributed by atoms with Gasteiger partial charge < -0.3 is 9.64 Å². The van der Waals surface area contributed by atoms with Crippen LogP contribution >= 0.6 is 34.8 Å². The van der Waals surface area contributed by atoms with Gasteiger partial charge >= 0.3 is 0 Å². The van der Waals surface area contributed by atoms with Crippen LogP contribution < -0.4 is 4.74 Å². The molecular formula is C19H17Cl3N2O4S. The van der Waals surface area contributed by atoms with Gasteiger partial charge in [0.25, 0.3) is 10.0 Å². The first-order chi connectivity index (χ1) is 13.6. The second-order valence-electron chi connectivity index (χ2n) is 5.97. The number of halogens is 3. The molecule has 0 atom stereocenters. The van der Waals surface area contributed by atoms with E-state index >= 15 is 0 Å². The minimum absolute atomic E-state index is 0.0109. The summed E-state index contributed by atoms with van der Waals surface area (Å²) in [5.41, 5.74) is 0.149. The molecule has 0 aliphatic carbocycles. The van der Waals surface area contributed by atoms with Gasteiger partial charge in [-0.05, 0) is 30.3 Å². The van der Waals surface area contributed by atoms with E-state index in [9.17, 15) is 13.2 Å². The van der Waals surface area contributed by atoms with Gasteiger partial charge in [0.15, 0.2) is 5.78 Å². The Morgan fingerprint density at radius 1 is 1.17 bits per heavy atom. The van der Waals surface area contributed by atoms with Crippen LogP contribution in [0.1, 0.15) is 15.9 Å². The Morgan fingerprint density at radius 3 is 2.48 bits per heavy atom. The molecule has 2 aromatic rings. The van der Waals surface area contributed by atoms with Gasteiger partial charge in [0.2, 0.25) is 0 Å². The summed E-state index contributed by atoms with van der Waals surface area (Å²) in [6, 6.07) is 6.80. The number of benzene rings is 2. The van der Waals surface area contributed by atoms with Crippen molar-refractivity contribution in [3.63, 3.8) is 0 Å². The molecule has 0 N–H and O–H groups in total. The van der Waals surface area contributed by atoms with E-state index in [-0.39, 0.29) is 37.7 Å². The third-order valence-electron chi connectivity index (χ3n) is 3.54. The summed E-state index contributed by atoms with van der Waals surface area (Å²) in [7, 11) is -0.865. The van der Waals surface area contributed by atoms with Crippen molar-refractivity contribution < 1.29 is 17.9 Å². The number of carbonyl (C=O) groups excluding carboxylic acids is 1. The Bertz CT molecular complexity index is 1080. The van der Waals surface area contributed by atoms with Crippen molar-refractivity contribution in [2.24, 2.45) is 4.40 Å². The molecule has 0 fully saturated rings. The van der Waals surface area contributed by atoms with Gasteiger partial charge in [-0.1, -0.05) is 47.5 Å². The molecule has 6 nitrogen and oxygen atoms in total. The average Bonchev–Trinajstić information content (AvgIpc) is 2.67. The fourth-order valence-electron chi connectivity index (χ4n) is 2.18. The lowest BCUT2D eigenvalue weighted by Crippen LogP contribution is -2.11. The molecule has 2 aromatic carbocycles. The number of hydrogen-bond acceptors (Lipinski definition) is 4. The van der Waals surface area contributed by atoms with Crippen LogP contribution in [-0.2, 0) is 10.0 Å². The Morgan fingerprint density at radius 2 is 1.86 bits per heavy atom. The lowest BCUT2D eigenvalue weighted by Gasteiger charge is -2.11. The van der Waals surface area contributed by atoms with Crippen LogP contribution in [0.5, 0.6) is 5.75 Å². The van der Waals surface area contributed by atoms with Crippen molar-refractivity contribution in [1.82, 2.24) is 4.90 Å². The lowest BCUT2D eigenvalue weighted by molar-refractivity contribution is 0.103. The van der Waals surface area contributed by atoms with Gasteiger partial charge in [-0.15, -0.1) is 4.40 Å². The van der Waals surface area contributed by atoms with E-state index in [0.29, 0.717) is 5.75 Å². The monoisotopic (exact) mass is 474 g/mol. The molecule has 0 aliphatic heterocycles. The van der Waals surface area contributed by atoms with Crippen molar-refractivity contribution in [3.05, 3.63) is 69.2 Å². The third kappa shape index (κ3) is 5.51. The van der Waals surface area contributed by atoms with Crippen molar-refractivity contribution in [2.45, 2.75) is 4.90 Å². The second kappa shape index (κ2) is 9.63. The first-order valence-electron chi connectivity index (χ1n) is 8.11. The molecule has 154 valence electrons. The quantitative estimate of drug-likeness (QED) is 0.239. The number of rotatable bonds is 8. The first-order valence-corrected chi connectivity index (χ1v) is 10.7. The standard InChI is InChI=1S/C19H17Cl3N2O4S/c1-4-9-28-15-8-6-13(17(21)18(15)22)19(25)12-5-7-14(20)16(10-12)29(26,27)23-11-24(2)3/h4-8,10-11H,1,9H2,2-3H3/b23-11+. The topological polar surface area (TPSA) is 76.0 Å². The lowest BCUT2D eigenvalue weighted by atomic mass is 10.0. The molecule has 0 heterocycles. The largest absolute Gasteiger partial charge is 0.488 e. The molecule has 0 amide bonds. The van der Waals surface area contributed by atoms with Crippen LogP contribution in [0.25, 0.3) is 0 Å². The molecule has 0 bridgehead atoms. The second-order valence-corrected chi connectivity index (χ2v) is 8.74. The zero-order chi connectivity index (χ0) is 21.8. The summed E-state index contributed by atoms with van der Waals surface area (Å²) in [4.78, 5) is 14.1. The predicted molar refractivity (Wildman–Crippen MR) is 116 cm³/mol. The number of ketones is 1. The summed E-state index contributed by atoms with van der Waals surface area (Å²) >= 11 is 18.4. The van der Waals surface area contributed by atoms with E-state index in [2.05, 4.69) is 11.0 Å². The number of carbonyl (C=O) groups is 1. The predicted octanol–water partition coefficient (Wildman–Crippen LogP) is 4.72. The van der Waals surface area contributed by atoms with Crippen LogP contribution in [0.4, 0.5) is 0 Å². The van der Waals surface area contributed by atoms with E-state index < -0.39 is 15.8 Å². The van der Waals surface area contributed by atoms with Crippen LogP contribution in [-0.4, -0.2) is 46.1 Å². The molecule has 0 aliphatic rings. The molecule has 29 heavy (non-hydrogen) atoms.